The minimum absolute atomic E-state index is 0.177. The molecule has 0 saturated heterocycles. The number of fused-ring (bicyclic) bond motifs is 1. The molecule has 1 aliphatic heterocycles. The third kappa shape index (κ3) is 2.93. The van der Waals surface area contributed by atoms with Crippen molar-refractivity contribution >= 4 is 11.7 Å². The van der Waals surface area contributed by atoms with Crippen molar-refractivity contribution in [1.29, 1.82) is 0 Å². The number of carbonyl (C=O) groups excluding carboxylic acids is 1. The Labute approximate surface area is 137 Å². The summed E-state index contributed by atoms with van der Waals surface area (Å²) in [6, 6.07) is 1.84. The lowest BCUT2D eigenvalue weighted by atomic mass is 9.99. The van der Waals surface area contributed by atoms with Gasteiger partial charge in [0, 0.05) is 25.1 Å². The predicted octanol–water partition coefficient (Wildman–Crippen LogP) is 3.22. The molecule has 1 aromatic carbocycles. The summed E-state index contributed by atoms with van der Waals surface area (Å²) in [6.07, 6.45) is 5.79. The van der Waals surface area contributed by atoms with Crippen LogP contribution in [0.25, 0.3) is 0 Å². The molecule has 1 N–H and O–H groups in total. The largest absolute Gasteiger partial charge is 0.322 e. The van der Waals surface area contributed by atoms with Gasteiger partial charge in [-0.15, -0.1) is 0 Å². The molecule has 0 bridgehead atoms. The highest BCUT2D eigenvalue weighted by Gasteiger charge is 2.27. The van der Waals surface area contributed by atoms with Crippen LogP contribution in [0.15, 0.2) is 24.5 Å². The van der Waals surface area contributed by atoms with Crippen molar-refractivity contribution < 1.29 is 13.6 Å². The molecule has 0 atom stereocenters. The zero-order valence-electron chi connectivity index (χ0n) is 12.9. The molecule has 2 aromatic rings. The average Bonchev–Trinajstić information content (AvgIpc) is 3.39. The second-order valence-electron chi connectivity index (χ2n) is 6.23. The van der Waals surface area contributed by atoms with Gasteiger partial charge in [0.15, 0.2) is 0 Å². The first-order chi connectivity index (χ1) is 11.6. The number of benzene rings is 1. The molecule has 0 unspecified atom stereocenters. The fraction of sp³-hybridized carbons (Fsp3) is 0.353. The Morgan fingerprint density at radius 2 is 1.96 bits per heavy atom. The lowest BCUT2D eigenvalue weighted by molar-refractivity contribution is 0.205. The maximum Gasteiger partial charge on any atom is 0.322 e. The molecule has 5 nitrogen and oxygen atoms in total. The molecule has 4 rings (SSSR count). The molecule has 1 aromatic heterocycles. The third-order valence-corrected chi connectivity index (χ3v) is 4.40. The van der Waals surface area contributed by atoms with Crippen LogP contribution >= 0.6 is 0 Å². The molecular weight excluding hydrogens is 314 g/mol. The number of nitrogens with zero attached hydrogens (tertiary/aromatic N) is 3. The van der Waals surface area contributed by atoms with E-state index in [9.17, 15) is 13.6 Å². The van der Waals surface area contributed by atoms with Gasteiger partial charge >= 0.3 is 6.03 Å². The second kappa shape index (κ2) is 5.81. The quantitative estimate of drug-likeness (QED) is 0.920. The van der Waals surface area contributed by atoms with Crippen molar-refractivity contribution in [2.24, 2.45) is 0 Å². The van der Waals surface area contributed by atoms with Crippen LogP contribution in [0, 0.1) is 11.6 Å². The van der Waals surface area contributed by atoms with Crippen LogP contribution in [0.5, 0.6) is 0 Å². The van der Waals surface area contributed by atoms with Crippen LogP contribution in [0.2, 0.25) is 0 Å². The zero-order valence-corrected chi connectivity index (χ0v) is 12.9. The highest BCUT2D eigenvalue weighted by Crippen LogP contribution is 2.37. The molecular formula is C17H16F2N4O. The number of anilines is 1. The molecule has 24 heavy (non-hydrogen) atoms. The molecule has 2 amide bonds. The topological polar surface area (TPSA) is 58.1 Å². The summed E-state index contributed by atoms with van der Waals surface area (Å²) in [5.74, 6) is 0.0932. The number of urea groups is 1. The van der Waals surface area contributed by atoms with Crippen LogP contribution in [0.1, 0.15) is 35.7 Å². The summed E-state index contributed by atoms with van der Waals surface area (Å²) in [4.78, 5) is 22.4. The average molecular weight is 330 g/mol. The fourth-order valence-corrected chi connectivity index (χ4v) is 2.94. The van der Waals surface area contributed by atoms with Crippen molar-refractivity contribution in [2.45, 2.75) is 31.7 Å². The third-order valence-electron chi connectivity index (χ3n) is 4.40. The van der Waals surface area contributed by atoms with Gasteiger partial charge < -0.3 is 10.2 Å². The van der Waals surface area contributed by atoms with E-state index in [1.807, 2.05) is 0 Å². The number of hydrogen-bond donors (Lipinski definition) is 1. The number of halogens is 2. The van der Waals surface area contributed by atoms with Gasteiger partial charge in [0.05, 0.1) is 18.1 Å². The summed E-state index contributed by atoms with van der Waals surface area (Å²) in [5, 5.41) is 2.73. The molecule has 7 heteroatoms. The fourth-order valence-electron chi connectivity index (χ4n) is 2.94. The molecule has 1 fully saturated rings. The van der Waals surface area contributed by atoms with E-state index in [4.69, 9.17) is 0 Å². The Morgan fingerprint density at radius 3 is 2.67 bits per heavy atom. The van der Waals surface area contributed by atoms with Crippen LogP contribution in [0.4, 0.5) is 19.3 Å². The lowest BCUT2D eigenvalue weighted by Gasteiger charge is -2.29. The number of amides is 2. The van der Waals surface area contributed by atoms with Gasteiger partial charge in [-0.05, 0) is 36.5 Å². The maximum atomic E-state index is 13.7. The molecule has 0 radical (unpaired) electrons. The number of hydrogen-bond acceptors (Lipinski definition) is 3. The zero-order chi connectivity index (χ0) is 16.7. The van der Waals surface area contributed by atoms with Gasteiger partial charge in [-0.25, -0.2) is 23.5 Å². The summed E-state index contributed by atoms with van der Waals surface area (Å²) in [5.41, 5.74) is 1.51. The maximum absolute atomic E-state index is 13.7. The van der Waals surface area contributed by atoms with Gasteiger partial charge in [-0.1, -0.05) is 0 Å². The smallest absolute Gasteiger partial charge is 0.320 e. The Morgan fingerprint density at radius 1 is 1.21 bits per heavy atom. The summed E-state index contributed by atoms with van der Waals surface area (Å²) in [6.45, 7) is 0.555. The highest BCUT2D eigenvalue weighted by atomic mass is 19.1. The van der Waals surface area contributed by atoms with Crippen molar-refractivity contribution in [3.8, 4) is 0 Å². The molecule has 0 spiro atoms. The van der Waals surface area contributed by atoms with Gasteiger partial charge in [0.25, 0.3) is 0 Å². The van der Waals surface area contributed by atoms with E-state index < -0.39 is 11.6 Å². The summed E-state index contributed by atoms with van der Waals surface area (Å²) < 4.78 is 27.1. The first-order valence-corrected chi connectivity index (χ1v) is 7.95. The molecule has 1 saturated carbocycles. The van der Waals surface area contributed by atoms with Gasteiger partial charge in [-0.2, -0.15) is 0 Å². The number of nitrogens with one attached hydrogen (secondary N) is 1. The number of rotatable bonds is 2. The van der Waals surface area contributed by atoms with Crippen LogP contribution in [-0.4, -0.2) is 27.4 Å². The first kappa shape index (κ1) is 15.0. The van der Waals surface area contributed by atoms with E-state index in [2.05, 4.69) is 15.3 Å². The Hall–Kier alpha value is -2.57. The van der Waals surface area contributed by atoms with Crippen molar-refractivity contribution in [2.75, 3.05) is 11.9 Å². The number of carbonyl (C=O) groups is 1. The first-order valence-electron chi connectivity index (χ1n) is 7.95. The predicted molar refractivity (Wildman–Crippen MR) is 83.5 cm³/mol. The van der Waals surface area contributed by atoms with Crippen molar-refractivity contribution in [1.82, 2.24) is 14.9 Å². The molecule has 124 valence electrons. The second-order valence-corrected chi connectivity index (χ2v) is 6.23. The highest BCUT2D eigenvalue weighted by molar-refractivity contribution is 5.89. The Balaban J connectivity index is 1.45. The number of aromatic nitrogens is 2. The van der Waals surface area contributed by atoms with E-state index in [-0.39, 0.29) is 12.6 Å². The summed E-state index contributed by atoms with van der Waals surface area (Å²) in [7, 11) is 0. The van der Waals surface area contributed by atoms with Gasteiger partial charge in [0.2, 0.25) is 0 Å². The lowest BCUT2D eigenvalue weighted by Crippen LogP contribution is -2.39. The van der Waals surface area contributed by atoms with Crippen molar-refractivity contribution in [3.05, 3.63) is 53.1 Å². The van der Waals surface area contributed by atoms with Crippen LogP contribution < -0.4 is 5.32 Å². The van der Waals surface area contributed by atoms with Crippen molar-refractivity contribution in [3.63, 3.8) is 0 Å². The van der Waals surface area contributed by atoms with E-state index in [1.165, 1.54) is 11.0 Å². The van der Waals surface area contributed by atoms with Crippen LogP contribution in [-0.2, 0) is 13.0 Å². The summed E-state index contributed by atoms with van der Waals surface area (Å²) >= 11 is 0. The standard InChI is InChI=1S/C17H16F2N4O/c18-12-5-11-9-23(4-3-14(11)15(19)6-12)17(24)22-13-7-20-16(21-8-13)10-1-2-10/h5-8,10H,1-4,9H2,(H,22,24). The van der Waals surface area contributed by atoms with E-state index in [0.717, 1.165) is 24.7 Å². The van der Waals surface area contributed by atoms with E-state index in [1.54, 1.807) is 12.4 Å². The minimum atomic E-state index is -0.627. The Bertz CT molecular complexity index is 790. The van der Waals surface area contributed by atoms with E-state index in [0.29, 0.717) is 35.7 Å². The normalized spacial score (nSPS) is 16.7. The molecule has 2 aliphatic rings. The molecule has 2 heterocycles. The van der Waals surface area contributed by atoms with Gasteiger partial charge in [-0.3, -0.25) is 0 Å². The van der Waals surface area contributed by atoms with Crippen LogP contribution in [0.3, 0.4) is 0 Å². The van der Waals surface area contributed by atoms with Gasteiger partial charge in [0.1, 0.15) is 17.5 Å². The monoisotopic (exact) mass is 330 g/mol. The van der Waals surface area contributed by atoms with E-state index >= 15 is 0 Å². The minimum Gasteiger partial charge on any atom is -0.320 e. The molecule has 1 aliphatic carbocycles. The Kier molecular flexibility index (Phi) is 3.63. The SMILES string of the molecule is O=C(Nc1cnc(C2CC2)nc1)N1CCc2c(F)cc(F)cc2C1.